The van der Waals surface area contributed by atoms with Crippen LogP contribution in [0.15, 0.2) is 40.6 Å². The number of sulfonamides is 1. The maximum atomic E-state index is 14.0. The van der Waals surface area contributed by atoms with Crippen molar-refractivity contribution in [2.24, 2.45) is 5.14 Å². The van der Waals surface area contributed by atoms with E-state index >= 15 is 0 Å². The zero-order chi connectivity index (χ0) is 18.7. The SMILES string of the molecule is NS(=O)(=O)c1ccc(F)c(C(=O)N[C@H]2CCCN(Cc3cccs3)C2)c1. The van der Waals surface area contributed by atoms with Gasteiger partial charge in [-0.25, -0.2) is 17.9 Å². The molecule has 1 aromatic heterocycles. The van der Waals surface area contributed by atoms with Gasteiger partial charge in [-0.1, -0.05) is 6.07 Å². The van der Waals surface area contributed by atoms with Gasteiger partial charge in [-0.2, -0.15) is 0 Å². The van der Waals surface area contributed by atoms with Crippen molar-refractivity contribution in [2.45, 2.75) is 30.3 Å². The van der Waals surface area contributed by atoms with Crippen LogP contribution in [0.1, 0.15) is 28.1 Å². The van der Waals surface area contributed by atoms with Gasteiger partial charge in [-0.05, 0) is 49.0 Å². The van der Waals surface area contributed by atoms with Crippen molar-refractivity contribution in [1.82, 2.24) is 10.2 Å². The summed E-state index contributed by atoms with van der Waals surface area (Å²) in [5.41, 5.74) is -0.313. The van der Waals surface area contributed by atoms with Crippen LogP contribution in [-0.2, 0) is 16.6 Å². The van der Waals surface area contributed by atoms with Crippen molar-refractivity contribution in [3.8, 4) is 0 Å². The summed E-state index contributed by atoms with van der Waals surface area (Å²) < 4.78 is 36.8. The van der Waals surface area contributed by atoms with Crippen LogP contribution in [0.4, 0.5) is 4.39 Å². The molecule has 1 saturated heterocycles. The molecule has 0 saturated carbocycles. The molecule has 1 fully saturated rings. The number of hydrogen-bond donors (Lipinski definition) is 2. The van der Waals surface area contributed by atoms with Crippen molar-refractivity contribution < 1.29 is 17.6 Å². The fourth-order valence-electron chi connectivity index (χ4n) is 3.06. The van der Waals surface area contributed by atoms with Gasteiger partial charge in [0.25, 0.3) is 5.91 Å². The first-order chi connectivity index (χ1) is 12.3. The largest absolute Gasteiger partial charge is 0.348 e. The Labute approximate surface area is 155 Å². The lowest BCUT2D eigenvalue weighted by Gasteiger charge is -2.32. The predicted octanol–water partition coefficient (Wildman–Crippen LogP) is 1.93. The third kappa shape index (κ3) is 4.67. The molecule has 2 aromatic rings. The van der Waals surface area contributed by atoms with Gasteiger partial charge < -0.3 is 5.32 Å². The second-order valence-electron chi connectivity index (χ2n) is 6.31. The van der Waals surface area contributed by atoms with Crippen LogP contribution in [0.25, 0.3) is 0 Å². The third-order valence-corrected chi connectivity index (χ3v) is 6.08. The van der Waals surface area contributed by atoms with E-state index in [-0.39, 0.29) is 16.5 Å². The van der Waals surface area contributed by atoms with Gasteiger partial charge in [0.2, 0.25) is 10.0 Å². The van der Waals surface area contributed by atoms with Crippen molar-refractivity contribution in [2.75, 3.05) is 13.1 Å². The van der Waals surface area contributed by atoms with Gasteiger partial charge in [0.1, 0.15) is 5.82 Å². The molecule has 9 heteroatoms. The normalized spacial score (nSPS) is 18.6. The Morgan fingerprint density at radius 2 is 2.19 bits per heavy atom. The number of nitrogens with one attached hydrogen (secondary N) is 1. The topological polar surface area (TPSA) is 92.5 Å². The monoisotopic (exact) mass is 397 g/mol. The van der Waals surface area contributed by atoms with Crippen LogP contribution in [0.3, 0.4) is 0 Å². The van der Waals surface area contributed by atoms with Gasteiger partial charge in [-0.15, -0.1) is 11.3 Å². The highest BCUT2D eigenvalue weighted by atomic mass is 32.2. The van der Waals surface area contributed by atoms with Crippen LogP contribution in [0, 0.1) is 5.82 Å². The molecule has 1 aliphatic rings. The van der Waals surface area contributed by atoms with E-state index in [1.165, 1.54) is 4.88 Å². The summed E-state index contributed by atoms with van der Waals surface area (Å²) >= 11 is 1.69. The van der Waals surface area contributed by atoms with Gasteiger partial charge >= 0.3 is 0 Å². The molecule has 3 rings (SSSR count). The number of hydrogen-bond acceptors (Lipinski definition) is 5. The molecule has 1 amide bonds. The molecular weight excluding hydrogens is 377 g/mol. The van der Waals surface area contributed by atoms with E-state index in [0.717, 1.165) is 44.1 Å². The lowest BCUT2D eigenvalue weighted by atomic mass is 10.0. The Balaban J connectivity index is 1.67. The van der Waals surface area contributed by atoms with Crippen LogP contribution in [0.2, 0.25) is 0 Å². The van der Waals surface area contributed by atoms with Gasteiger partial charge in [0, 0.05) is 24.0 Å². The standard InChI is InChI=1S/C17H20FN3O3S2/c18-16-6-5-14(26(19,23)24)9-15(16)17(22)20-12-3-1-7-21(10-12)11-13-4-2-8-25-13/h2,4-6,8-9,12H,1,3,7,10-11H2,(H,20,22)(H2,19,23,24)/t12-/m0/s1. The minimum atomic E-state index is -4.00. The van der Waals surface area contributed by atoms with Crippen molar-refractivity contribution in [3.05, 3.63) is 52.0 Å². The van der Waals surface area contributed by atoms with Crippen molar-refractivity contribution in [3.63, 3.8) is 0 Å². The number of nitrogens with zero attached hydrogens (tertiary/aromatic N) is 1. The highest BCUT2D eigenvalue weighted by molar-refractivity contribution is 7.89. The Morgan fingerprint density at radius 3 is 2.88 bits per heavy atom. The van der Waals surface area contributed by atoms with Crippen LogP contribution in [-0.4, -0.2) is 38.4 Å². The number of rotatable bonds is 5. The number of benzene rings is 1. The minimum Gasteiger partial charge on any atom is -0.348 e. The number of nitrogens with two attached hydrogens (primary N) is 1. The first-order valence-corrected chi connectivity index (χ1v) is 10.6. The van der Waals surface area contributed by atoms with Crippen molar-refractivity contribution >= 4 is 27.3 Å². The molecule has 26 heavy (non-hydrogen) atoms. The number of thiophene rings is 1. The molecule has 1 aromatic carbocycles. The van der Waals surface area contributed by atoms with Gasteiger partial charge in [0.15, 0.2) is 0 Å². The summed E-state index contributed by atoms with van der Waals surface area (Å²) in [6.45, 7) is 2.43. The first-order valence-electron chi connectivity index (χ1n) is 8.21. The van der Waals surface area contributed by atoms with Crippen LogP contribution in [0.5, 0.6) is 0 Å². The predicted molar refractivity (Wildman–Crippen MR) is 97.9 cm³/mol. The van der Waals surface area contributed by atoms with Crippen molar-refractivity contribution in [1.29, 1.82) is 0 Å². The average molecular weight is 397 g/mol. The molecule has 2 heterocycles. The number of halogens is 1. The Kier molecular flexibility index (Phi) is 5.71. The second-order valence-corrected chi connectivity index (χ2v) is 8.91. The second kappa shape index (κ2) is 7.83. The molecule has 0 aliphatic carbocycles. The summed E-state index contributed by atoms with van der Waals surface area (Å²) in [6, 6.07) is 6.93. The Bertz CT molecular complexity index is 885. The van der Waals surface area contributed by atoms with E-state index in [4.69, 9.17) is 5.14 Å². The zero-order valence-electron chi connectivity index (χ0n) is 14.0. The van der Waals surface area contributed by atoms with E-state index < -0.39 is 21.7 Å². The lowest BCUT2D eigenvalue weighted by Crippen LogP contribution is -2.47. The van der Waals surface area contributed by atoms with E-state index in [2.05, 4.69) is 16.3 Å². The number of carbonyl (C=O) groups excluding carboxylic acids is 1. The zero-order valence-corrected chi connectivity index (χ0v) is 15.7. The fourth-order valence-corrected chi connectivity index (χ4v) is 4.34. The number of piperidine rings is 1. The molecule has 3 N–H and O–H groups in total. The molecule has 0 spiro atoms. The van der Waals surface area contributed by atoms with Gasteiger partial charge in [0.05, 0.1) is 10.5 Å². The Hall–Kier alpha value is -1.81. The summed E-state index contributed by atoms with van der Waals surface area (Å²) in [4.78, 5) is 15.6. The first kappa shape index (κ1) is 19.0. The highest BCUT2D eigenvalue weighted by Crippen LogP contribution is 2.18. The summed E-state index contributed by atoms with van der Waals surface area (Å²) in [7, 11) is -4.00. The summed E-state index contributed by atoms with van der Waals surface area (Å²) in [5, 5.41) is 9.89. The number of likely N-dealkylation sites (tertiary alicyclic amines) is 1. The number of carbonyl (C=O) groups is 1. The molecule has 0 unspecified atom stereocenters. The summed E-state index contributed by atoms with van der Waals surface area (Å²) in [5.74, 6) is -1.41. The van der Waals surface area contributed by atoms with E-state index in [9.17, 15) is 17.6 Å². The van der Waals surface area contributed by atoms with Crippen LogP contribution >= 0.6 is 11.3 Å². The molecule has 1 atom stereocenters. The Morgan fingerprint density at radius 1 is 1.38 bits per heavy atom. The highest BCUT2D eigenvalue weighted by Gasteiger charge is 2.24. The number of amides is 1. The molecule has 6 nitrogen and oxygen atoms in total. The van der Waals surface area contributed by atoms with Crippen LogP contribution < -0.4 is 10.5 Å². The smallest absolute Gasteiger partial charge is 0.254 e. The lowest BCUT2D eigenvalue weighted by molar-refractivity contribution is 0.0897. The number of primary sulfonamides is 1. The van der Waals surface area contributed by atoms with E-state index in [1.54, 1.807) is 11.3 Å². The third-order valence-electron chi connectivity index (χ3n) is 4.31. The average Bonchev–Trinajstić information content (AvgIpc) is 3.07. The van der Waals surface area contributed by atoms with E-state index in [1.807, 2.05) is 11.4 Å². The molecular formula is C17H20FN3O3S2. The molecule has 140 valence electrons. The van der Waals surface area contributed by atoms with Gasteiger partial charge in [-0.3, -0.25) is 9.69 Å². The van der Waals surface area contributed by atoms with E-state index in [0.29, 0.717) is 6.54 Å². The maximum absolute atomic E-state index is 14.0. The molecule has 1 aliphatic heterocycles. The minimum absolute atomic E-state index is 0.117. The fraction of sp³-hybridized carbons (Fsp3) is 0.353. The maximum Gasteiger partial charge on any atom is 0.254 e. The quantitative estimate of drug-likeness (QED) is 0.806. The summed E-state index contributed by atoms with van der Waals surface area (Å²) in [6.07, 6.45) is 1.72. The molecule has 0 radical (unpaired) electrons. The molecule has 0 bridgehead atoms.